The lowest BCUT2D eigenvalue weighted by Crippen LogP contribution is -2.55. The molecule has 2 aromatic carbocycles. The molecular formula is C28H30F7N3O3. The Labute approximate surface area is 232 Å². The molecule has 2 atom stereocenters. The van der Waals surface area contributed by atoms with Crippen molar-refractivity contribution in [3.63, 3.8) is 0 Å². The zero-order valence-corrected chi connectivity index (χ0v) is 22.4. The van der Waals surface area contributed by atoms with Gasteiger partial charge in [-0.1, -0.05) is 12.1 Å². The van der Waals surface area contributed by atoms with Crippen molar-refractivity contribution in [2.24, 2.45) is 0 Å². The highest BCUT2D eigenvalue weighted by molar-refractivity contribution is 5.95. The maximum atomic E-state index is 14.6. The number of rotatable bonds is 4. The minimum atomic E-state index is -5.10. The third kappa shape index (κ3) is 6.77. The van der Waals surface area contributed by atoms with Gasteiger partial charge in [0, 0.05) is 56.8 Å². The van der Waals surface area contributed by atoms with Gasteiger partial charge in [0.1, 0.15) is 5.82 Å². The molecule has 2 saturated heterocycles. The van der Waals surface area contributed by atoms with Crippen LogP contribution in [0, 0.1) is 12.7 Å². The van der Waals surface area contributed by atoms with E-state index in [0.717, 1.165) is 4.90 Å². The average Bonchev–Trinajstić information content (AvgIpc) is 2.92. The summed E-state index contributed by atoms with van der Waals surface area (Å²) in [6, 6.07) is 4.82. The van der Waals surface area contributed by atoms with Crippen LogP contribution in [0.15, 0.2) is 36.4 Å². The molecule has 4 rings (SSSR count). The molecule has 0 radical (unpaired) electrons. The summed E-state index contributed by atoms with van der Waals surface area (Å²) in [5.74, 6) is -1.99. The van der Waals surface area contributed by atoms with Gasteiger partial charge in [0.25, 0.3) is 5.91 Å². The second-order valence-corrected chi connectivity index (χ2v) is 10.7. The van der Waals surface area contributed by atoms with Crippen LogP contribution in [0.2, 0.25) is 0 Å². The number of likely N-dealkylation sites (N-methyl/N-ethyl adjacent to an activating group) is 1. The highest BCUT2D eigenvalue weighted by Crippen LogP contribution is 2.38. The molecule has 0 spiro atoms. The Morgan fingerprint density at radius 1 is 0.902 bits per heavy atom. The quantitative estimate of drug-likeness (QED) is 0.429. The van der Waals surface area contributed by atoms with Gasteiger partial charge in [0.05, 0.1) is 11.1 Å². The van der Waals surface area contributed by atoms with Gasteiger partial charge in [-0.25, -0.2) is 9.18 Å². The van der Waals surface area contributed by atoms with Crippen LogP contribution in [0.3, 0.4) is 0 Å². The molecule has 0 unspecified atom stereocenters. The number of piperidine rings is 2. The highest BCUT2D eigenvalue weighted by atomic mass is 19.4. The molecule has 2 fully saturated rings. The van der Waals surface area contributed by atoms with E-state index in [1.165, 1.54) is 18.0 Å². The molecule has 0 saturated carbocycles. The van der Waals surface area contributed by atoms with Crippen molar-refractivity contribution in [1.82, 2.24) is 14.7 Å². The predicted octanol–water partition coefficient (Wildman–Crippen LogP) is 6.24. The zero-order chi connectivity index (χ0) is 30.3. The highest BCUT2D eigenvalue weighted by Gasteiger charge is 2.41. The minimum Gasteiger partial charge on any atom is -0.465 e. The number of amides is 2. The van der Waals surface area contributed by atoms with Crippen LogP contribution in [-0.4, -0.2) is 77.1 Å². The van der Waals surface area contributed by atoms with Gasteiger partial charge in [-0.05, 0) is 61.6 Å². The van der Waals surface area contributed by atoms with E-state index < -0.39 is 58.8 Å². The van der Waals surface area contributed by atoms with Crippen LogP contribution in [-0.2, 0) is 12.4 Å². The molecule has 2 amide bonds. The van der Waals surface area contributed by atoms with E-state index in [1.807, 2.05) is 0 Å². The Morgan fingerprint density at radius 2 is 1.49 bits per heavy atom. The number of carboxylic acid groups (broad SMARTS) is 1. The SMILES string of the molecule is Cc1ccc([C@@H]2CN(C3CCN(C(=O)O)CC3)CC[C@H]2N(C)C(=O)c2cc(C(F)(F)F)cc(C(F)(F)F)c2)cc1F. The molecule has 41 heavy (non-hydrogen) atoms. The first kappa shape index (κ1) is 30.6. The molecule has 2 aliphatic rings. The van der Waals surface area contributed by atoms with Crippen molar-refractivity contribution in [1.29, 1.82) is 0 Å². The molecule has 13 heteroatoms. The third-order valence-corrected chi connectivity index (χ3v) is 8.14. The molecule has 2 aromatic rings. The van der Waals surface area contributed by atoms with Crippen LogP contribution in [0.25, 0.3) is 0 Å². The minimum absolute atomic E-state index is 0.0250. The molecule has 0 aromatic heterocycles. The number of nitrogens with zero attached hydrogens (tertiary/aromatic N) is 3. The first-order valence-electron chi connectivity index (χ1n) is 13.1. The first-order chi connectivity index (χ1) is 19.1. The number of carbonyl (C=O) groups is 2. The van der Waals surface area contributed by atoms with Crippen molar-refractivity contribution in [3.05, 3.63) is 70.0 Å². The largest absolute Gasteiger partial charge is 0.465 e. The summed E-state index contributed by atoms with van der Waals surface area (Å²) in [5, 5.41) is 9.25. The number of hydrogen-bond donors (Lipinski definition) is 1. The van der Waals surface area contributed by atoms with Gasteiger partial charge in [0.2, 0.25) is 0 Å². The summed E-state index contributed by atoms with van der Waals surface area (Å²) < 4.78 is 95.2. The molecule has 6 nitrogen and oxygen atoms in total. The van der Waals surface area contributed by atoms with Crippen LogP contribution in [0.1, 0.15) is 57.8 Å². The third-order valence-electron chi connectivity index (χ3n) is 8.14. The van der Waals surface area contributed by atoms with E-state index >= 15 is 0 Å². The van der Waals surface area contributed by atoms with Crippen LogP contribution < -0.4 is 0 Å². The summed E-state index contributed by atoms with van der Waals surface area (Å²) in [5.41, 5.74) is -2.96. The second kappa shape index (κ2) is 11.5. The summed E-state index contributed by atoms with van der Waals surface area (Å²) in [7, 11) is 1.33. The lowest BCUT2D eigenvalue weighted by Gasteiger charge is -2.47. The van der Waals surface area contributed by atoms with E-state index in [-0.39, 0.29) is 12.1 Å². The first-order valence-corrected chi connectivity index (χ1v) is 13.1. The zero-order valence-electron chi connectivity index (χ0n) is 22.4. The van der Waals surface area contributed by atoms with Gasteiger partial charge in [-0.15, -0.1) is 0 Å². The molecule has 2 aliphatic heterocycles. The van der Waals surface area contributed by atoms with Gasteiger partial charge >= 0.3 is 18.4 Å². The monoisotopic (exact) mass is 589 g/mol. The second-order valence-electron chi connectivity index (χ2n) is 10.7. The standard InChI is InChI=1S/C28H30F7N3O3/c1-16-3-4-17(13-23(16)29)22-15-38(21-5-8-37(9-6-21)26(40)41)10-7-24(22)36(2)25(39)18-11-19(27(30,31)32)14-20(12-18)28(33,34)35/h3-4,11-14,21-22,24H,5-10,15H2,1-2H3,(H,40,41)/t22-,24+/m0/s1. The maximum absolute atomic E-state index is 14.6. The number of carbonyl (C=O) groups excluding carboxylic acids is 1. The molecular weight excluding hydrogens is 559 g/mol. The van der Waals surface area contributed by atoms with Crippen molar-refractivity contribution >= 4 is 12.0 Å². The molecule has 224 valence electrons. The van der Waals surface area contributed by atoms with Gasteiger partial charge < -0.3 is 14.9 Å². The fraction of sp³-hybridized carbons (Fsp3) is 0.500. The van der Waals surface area contributed by atoms with E-state index in [2.05, 4.69) is 4.90 Å². The van der Waals surface area contributed by atoms with Crippen molar-refractivity contribution in [2.45, 2.75) is 56.5 Å². The molecule has 0 aliphatic carbocycles. The number of halogens is 7. The number of alkyl halides is 6. The summed E-state index contributed by atoms with van der Waals surface area (Å²) in [6.45, 7) is 3.08. The van der Waals surface area contributed by atoms with E-state index in [9.17, 15) is 45.4 Å². The Balaban J connectivity index is 1.64. The normalized spacial score (nSPS) is 21.1. The summed E-state index contributed by atoms with van der Waals surface area (Å²) in [4.78, 5) is 29.3. The van der Waals surface area contributed by atoms with E-state index in [1.54, 1.807) is 19.1 Å². The fourth-order valence-corrected chi connectivity index (χ4v) is 5.78. The Bertz CT molecular complexity index is 1260. The topological polar surface area (TPSA) is 64.1 Å². The Morgan fingerprint density at radius 3 is 2.00 bits per heavy atom. The Kier molecular flexibility index (Phi) is 8.58. The number of aryl methyl sites for hydroxylation is 1. The Hall–Kier alpha value is -3.35. The van der Waals surface area contributed by atoms with Crippen LogP contribution in [0.5, 0.6) is 0 Å². The number of likely N-dealkylation sites (tertiary alicyclic amines) is 2. The van der Waals surface area contributed by atoms with Gasteiger partial charge in [0.15, 0.2) is 0 Å². The smallest absolute Gasteiger partial charge is 0.416 e. The van der Waals surface area contributed by atoms with Gasteiger partial charge in [-0.3, -0.25) is 9.69 Å². The number of benzene rings is 2. The van der Waals surface area contributed by atoms with E-state index in [4.69, 9.17) is 0 Å². The van der Waals surface area contributed by atoms with Crippen molar-refractivity contribution in [2.75, 3.05) is 33.2 Å². The summed E-state index contributed by atoms with van der Waals surface area (Å²) in [6.07, 6.45) is -9.72. The van der Waals surface area contributed by atoms with Crippen molar-refractivity contribution in [3.8, 4) is 0 Å². The maximum Gasteiger partial charge on any atom is 0.416 e. The van der Waals surface area contributed by atoms with Crippen molar-refractivity contribution < 1.29 is 45.4 Å². The molecule has 0 bridgehead atoms. The summed E-state index contributed by atoms with van der Waals surface area (Å²) >= 11 is 0. The average molecular weight is 590 g/mol. The lowest BCUT2D eigenvalue weighted by atomic mass is 9.83. The predicted molar refractivity (Wildman–Crippen MR) is 135 cm³/mol. The molecule has 1 N–H and O–H groups in total. The number of hydrogen-bond acceptors (Lipinski definition) is 3. The van der Waals surface area contributed by atoms with Gasteiger partial charge in [-0.2, -0.15) is 26.3 Å². The van der Waals surface area contributed by atoms with E-state index in [0.29, 0.717) is 68.7 Å². The fourth-order valence-electron chi connectivity index (χ4n) is 5.78. The van der Waals surface area contributed by atoms with Crippen LogP contribution in [0.4, 0.5) is 35.5 Å². The van der Waals surface area contributed by atoms with Crippen LogP contribution >= 0.6 is 0 Å². The molecule has 2 heterocycles. The lowest BCUT2D eigenvalue weighted by molar-refractivity contribution is -0.143.